The van der Waals surface area contributed by atoms with E-state index in [1.807, 2.05) is 12.1 Å². The van der Waals surface area contributed by atoms with Crippen molar-refractivity contribution in [3.63, 3.8) is 0 Å². The maximum atomic E-state index is 10.5. The van der Waals surface area contributed by atoms with E-state index in [9.17, 15) is 5.02 Å². The van der Waals surface area contributed by atoms with Crippen LogP contribution in [-0.2, 0) is 0 Å². The van der Waals surface area contributed by atoms with Crippen molar-refractivity contribution in [1.82, 2.24) is 0 Å². The largest absolute Gasteiger partial charge is 0.446 e. The van der Waals surface area contributed by atoms with E-state index in [1.54, 1.807) is 0 Å². The Bertz CT molecular complexity index is 295. The topological polar surface area (TPSA) is 20.2 Å². The zero-order chi connectivity index (χ0) is 15.4. The molecule has 21 heavy (non-hydrogen) atoms. The van der Waals surface area contributed by atoms with Crippen molar-refractivity contribution in [2.75, 3.05) is 0 Å². The normalized spacial score (nSPS) is 16.6. The Hall–Kier alpha value is -0.495. The highest BCUT2D eigenvalue weighted by molar-refractivity contribution is 6.61. The second-order valence-corrected chi connectivity index (χ2v) is 6.75. The number of hydrogen-bond donors (Lipinski definition) is 1. The molecule has 0 bridgehead atoms. The van der Waals surface area contributed by atoms with E-state index >= 15 is 0 Å². The van der Waals surface area contributed by atoms with Gasteiger partial charge in [0.05, 0.1) is 0 Å². The van der Waals surface area contributed by atoms with Crippen molar-refractivity contribution in [2.24, 2.45) is 0 Å². The third kappa shape index (κ3) is 6.87. The summed E-state index contributed by atoms with van der Waals surface area (Å²) in [6.45, 7) is 4.24. The van der Waals surface area contributed by atoms with Crippen molar-refractivity contribution in [1.29, 1.82) is 0 Å². The molecule has 0 aromatic carbocycles. The average molecular weight is 290 g/mol. The quantitative estimate of drug-likeness (QED) is 0.340. The highest BCUT2D eigenvalue weighted by atomic mass is 16.2. The van der Waals surface area contributed by atoms with Crippen LogP contribution in [0.4, 0.5) is 0 Å². The zero-order valence-corrected chi connectivity index (χ0v) is 14.3. The summed E-state index contributed by atoms with van der Waals surface area (Å²) >= 11 is 0. The van der Waals surface area contributed by atoms with Crippen LogP contribution in [0.1, 0.15) is 90.9 Å². The van der Waals surface area contributed by atoms with Gasteiger partial charge >= 0.3 is 6.92 Å². The number of hydrogen-bond acceptors (Lipinski definition) is 1. The maximum absolute atomic E-state index is 10.5. The van der Waals surface area contributed by atoms with Crippen molar-refractivity contribution in [2.45, 2.75) is 96.2 Å². The first kappa shape index (κ1) is 18.6. The summed E-state index contributed by atoms with van der Waals surface area (Å²) in [4.78, 5) is 0. The van der Waals surface area contributed by atoms with Crippen LogP contribution in [0.25, 0.3) is 0 Å². The van der Waals surface area contributed by atoms with Gasteiger partial charge in [-0.15, -0.1) is 0 Å². The second kappa shape index (κ2) is 11.1. The molecular formula is C19H35BO. The van der Waals surface area contributed by atoms with Gasteiger partial charge < -0.3 is 5.02 Å². The van der Waals surface area contributed by atoms with E-state index in [2.05, 4.69) is 26.0 Å². The molecule has 2 heteroatoms. The van der Waals surface area contributed by atoms with Crippen LogP contribution in [0.2, 0.25) is 5.31 Å². The van der Waals surface area contributed by atoms with Crippen LogP contribution in [0, 0.1) is 0 Å². The lowest BCUT2D eigenvalue weighted by molar-refractivity contribution is 0.429. The fourth-order valence-corrected chi connectivity index (χ4v) is 3.41. The molecule has 1 nitrogen and oxygen atoms in total. The third-order valence-electron chi connectivity index (χ3n) is 4.91. The van der Waals surface area contributed by atoms with Crippen LogP contribution >= 0.6 is 0 Å². The Balaban J connectivity index is 2.39. The highest BCUT2D eigenvalue weighted by Gasteiger charge is 2.37. The molecule has 1 rings (SSSR count). The predicted molar refractivity (Wildman–Crippen MR) is 95.7 cm³/mol. The molecule has 0 saturated carbocycles. The molecule has 0 atom stereocenters. The van der Waals surface area contributed by atoms with Gasteiger partial charge in [-0.2, -0.15) is 0 Å². The Morgan fingerprint density at radius 3 is 1.76 bits per heavy atom. The van der Waals surface area contributed by atoms with Gasteiger partial charge in [0.2, 0.25) is 0 Å². The predicted octanol–water partition coefficient (Wildman–Crippen LogP) is 6.10. The van der Waals surface area contributed by atoms with Crippen molar-refractivity contribution >= 4 is 6.92 Å². The van der Waals surface area contributed by atoms with Crippen LogP contribution < -0.4 is 0 Å². The molecule has 0 aliphatic carbocycles. The lowest BCUT2D eigenvalue weighted by Crippen LogP contribution is -2.31. The lowest BCUT2D eigenvalue weighted by Gasteiger charge is -2.34. The Morgan fingerprint density at radius 2 is 1.29 bits per heavy atom. The fourth-order valence-electron chi connectivity index (χ4n) is 3.41. The zero-order valence-electron chi connectivity index (χ0n) is 14.3. The Labute approximate surface area is 133 Å². The van der Waals surface area contributed by atoms with Gasteiger partial charge in [-0.25, -0.2) is 0 Å². The maximum Gasteiger partial charge on any atom is 0.326 e. The van der Waals surface area contributed by atoms with E-state index in [4.69, 9.17) is 0 Å². The molecule has 1 heterocycles. The van der Waals surface area contributed by atoms with E-state index in [0.29, 0.717) is 0 Å². The number of unbranched alkanes of at least 4 members (excludes halogenated alkanes) is 8. The molecular weight excluding hydrogens is 255 g/mol. The SMILES string of the molecule is CCCCCCCC1(CCCCCCC)C=CC=CB1O. The van der Waals surface area contributed by atoms with Crippen LogP contribution in [0.15, 0.2) is 24.2 Å². The standard InChI is InChI=1S/C19H35BO/c1-3-5-7-9-11-15-19(16-12-10-8-6-4-2)17-13-14-18-20(19)21/h13-14,17-18,21H,3-12,15-16H2,1-2H3. The lowest BCUT2D eigenvalue weighted by atomic mass is 9.41. The van der Waals surface area contributed by atoms with Gasteiger partial charge in [-0.05, 0) is 18.2 Å². The molecule has 120 valence electrons. The van der Waals surface area contributed by atoms with Crippen molar-refractivity contribution < 1.29 is 5.02 Å². The van der Waals surface area contributed by atoms with Gasteiger partial charge in [0.1, 0.15) is 0 Å². The summed E-state index contributed by atoms with van der Waals surface area (Å²) in [7, 11) is 0. The molecule has 0 saturated heterocycles. The molecule has 0 aromatic heterocycles. The number of rotatable bonds is 12. The minimum absolute atomic E-state index is 0.0210. The van der Waals surface area contributed by atoms with Gasteiger partial charge in [0.25, 0.3) is 0 Å². The van der Waals surface area contributed by atoms with E-state index in [-0.39, 0.29) is 12.2 Å². The molecule has 1 aliphatic heterocycles. The van der Waals surface area contributed by atoms with E-state index in [0.717, 1.165) is 12.8 Å². The second-order valence-electron chi connectivity index (χ2n) is 6.75. The summed E-state index contributed by atoms with van der Waals surface area (Å²) in [5, 5.41) is 10.5. The van der Waals surface area contributed by atoms with Gasteiger partial charge in [0.15, 0.2) is 0 Å². The smallest absolute Gasteiger partial charge is 0.326 e. The molecule has 0 fully saturated rings. The molecule has 0 amide bonds. The number of allylic oxidation sites excluding steroid dienone is 3. The van der Waals surface area contributed by atoms with Crippen LogP contribution in [-0.4, -0.2) is 11.9 Å². The molecule has 0 radical (unpaired) electrons. The van der Waals surface area contributed by atoms with Gasteiger partial charge in [0, 0.05) is 0 Å². The minimum Gasteiger partial charge on any atom is -0.446 e. The first-order valence-corrected chi connectivity index (χ1v) is 9.29. The highest BCUT2D eigenvalue weighted by Crippen LogP contribution is 2.44. The molecule has 0 unspecified atom stereocenters. The van der Waals surface area contributed by atoms with Crippen LogP contribution in [0.5, 0.6) is 0 Å². The fraction of sp³-hybridized carbons (Fsp3) is 0.789. The van der Waals surface area contributed by atoms with Crippen LogP contribution in [0.3, 0.4) is 0 Å². The molecule has 1 aliphatic rings. The summed E-state index contributed by atoms with van der Waals surface area (Å²) in [6, 6.07) is 0. The summed E-state index contributed by atoms with van der Waals surface area (Å²) in [5.41, 5.74) is 0. The minimum atomic E-state index is -0.278. The Morgan fingerprint density at radius 1 is 0.762 bits per heavy atom. The molecule has 1 N–H and O–H groups in total. The monoisotopic (exact) mass is 290 g/mol. The van der Waals surface area contributed by atoms with Gasteiger partial charge in [-0.1, -0.05) is 102 Å². The summed E-state index contributed by atoms with van der Waals surface area (Å²) < 4.78 is 0. The third-order valence-corrected chi connectivity index (χ3v) is 4.91. The van der Waals surface area contributed by atoms with Gasteiger partial charge in [-0.3, -0.25) is 0 Å². The van der Waals surface area contributed by atoms with E-state index in [1.165, 1.54) is 64.2 Å². The first-order chi connectivity index (χ1) is 10.2. The average Bonchev–Trinajstić information content (AvgIpc) is 2.49. The summed E-state index contributed by atoms with van der Waals surface area (Å²) in [5.74, 6) is 1.98. The molecule has 0 aromatic rings. The van der Waals surface area contributed by atoms with Crippen molar-refractivity contribution in [3.05, 3.63) is 24.2 Å². The Kier molecular flexibility index (Phi) is 9.83. The van der Waals surface area contributed by atoms with Crippen molar-refractivity contribution in [3.8, 4) is 0 Å². The molecule has 0 spiro atoms. The first-order valence-electron chi connectivity index (χ1n) is 9.29. The van der Waals surface area contributed by atoms with E-state index < -0.39 is 0 Å². The summed E-state index contributed by atoms with van der Waals surface area (Å²) in [6.07, 6.45) is 21.8.